The number of carboxylic acid groups (broad SMARTS) is 1. The van der Waals surface area contributed by atoms with Gasteiger partial charge in [-0.1, -0.05) is 0 Å². The van der Waals surface area contributed by atoms with Crippen molar-refractivity contribution in [3.8, 4) is 0 Å². The summed E-state index contributed by atoms with van der Waals surface area (Å²) in [6.45, 7) is 2.47. The molecule has 2 saturated heterocycles. The van der Waals surface area contributed by atoms with Crippen molar-refractivity contribution < 1.29 is 24.6 Å². The maximum atomic E-state index is 12.4. The SMILES string of the molecule is CC(=O)NC1CCN(C(=O)N2C[C@H](O)C[C@@H]2C(=O)O)CC1. The molecule has 0 saturated carbocycles. The molecule has 2 aliphatic heterocycles. The summed E-state index contributed by atoms with van der Waals surface area (Å²) in [5, 5.41) is 21.5. The van der Waals surface area contributed by atoms with Gasteiger partial charge in [0.1, 0.15) is 6.04 Å². The number of aliphatic hydroxyl groups is 1. The number of aliphatic carboxylic acids is 1. The number of carboxylic acids is 1. The number of rotatable bonds is 2. The number of carbonyl (C=O) groups excluding carboxylic acids is 2. The minimum absolute atomic E-state index is 0.0570. The predicted octanol–water partition coefficient (Wildman–Crippen LogP) is -0.773. The number of piperidine rings is 1. The Bertz CT molecular complexity index is 434. The van der Waals surface area contributed by atoms with E-state index in [1.807, 2.05) is 0 Å². The Labute approximate surface area is 122 Å². The van der Waals surface area contributed by atoms with E-state index in [1.165, 1.54) is 11.8 Å². The van der Waals surface area contributed by atoms with E-state index in [9.17, 15) is 19.5 Å². The topological polar surface area (TPSA) is 110 Å². The highest BCUT2D eigenvalue weighted by Crippen LogP contribution is 2.21. The lowest BCUT2D eigenvalue weighted by Gasteiger charge is -2.35. The fourth-order valence-corrected chi connectivity index (χ4v) is 2.94. The third-order valence-corrected chi connectivity index (χ3v) is 3.98. The van der Waals surface area contributed by atoms with Crippen LogP contribution in [0.3, 0.4) is 0 Å². The van der Waals surface area contributed by atoms with E-state index in [0.717, 1.165) is 0 Å². The second kappa shape index (κ2) is 6.30. The zero-order valence-electron chi connectivity index (χ0n) is 12.0. The first-order chi connectivity index (χ1) is 9.88. The van der Waals surface area contributed by atoms with Crippen molar-refractivity contribution in [1.82, 2.24) is 15.1 Å². The van der Waals surface area contributed by atoms with Crippen LogP contribution in [0, 0.1) is 0 Å². The van der Waals surface area contributed by atoms with Gasteiger partial charge in [-0.3, -0.25) is 4.79 Å². The fraction of sp³-hybridized carbons (Fsp3) is 0.769. The van der Waals surface area contributed by atoms with Crippen LogP contribution in [0.25, 0.3) is 0 Å². The molecule has 0 aliphatic carbocycles. The Morgan fingerprint density at radius 2 is 1.81 bits per heavy atom. The molecule has 3 N–H and O–H groups in total. The van der Waals surface area contributed by atoms with Gasteiger partial charge in [0.05, 0.1) is 6.10 Å². The van der Waals surface area contributed by atoms with Gasteiger partial charge in [-0.05, 0) is 12.8 Å². The largest absolute Gasteiger partial charge is 0.480 e. The highest BCUT2D eigenvalue weighted by Gasteiger charge is 2.41. The summed E-state index contributed by atoms with van der Waals surface area (Å²) in [5.74, 6) is -1.18. The second-order valence-electron chi connectivity index (χ2n) is 5.64. The molecule has 8 heteroatoms. The molecule has 2 rings (SSSR count). The van der Waals surface area contributed by atoms with Crippen LogP contribution >= 0.6 is 0 Å². The van der Waals surface area contributed by atoms with Crippen LogP contribution in [0.5, 0.6) is 0 Å². The maximum Gasteiger partial charge on any atom is 0.326 e. The van der Waals surface area contributed by atoms with Crippen molar-refractivity contribution in [2.75, 3.05) is 19.6 Å². The van der Waals surface area contributed by atoms with Crippen molar-refractivity contribution >= 4 is 17.9 Å². The number of nitrogens with zero attached hydrogens (tertiary/aromatic N) is 2. The zero-order valence-corrected chi connectivity index (χ0v) is 12.0. The molecule has 118 valence electrons. The standard InChI is InChI=1S/C13H21N3O5/c1-8(17)14-9-2-4-15(5-3-9)13(21)16-7-10(18)6-11(16)12(19)20/h9-11,18H,2-7H2,1H3,(H,14,17)(H,19,20)/t10-,11-/m1/s1. The lowest BCUT2D eigenvalue weighted by molar-refractivity contribution is -0.141. The smallest absolute Gasteiger partial charge is 0.326 e. The van der Waals surface area contributed by atoms with E-state index in [0.29, 0.717) is 25.9 Å². The summed E-state index contributed by atoms with van der Waals surface area (Å²) in [5.41, 5.74) is 0. The summed E-state index contributed by atoms with van der Waals surface area (Å²) in [7, 11) is 0. The molecule has 0 aromatic heterocycles. The molecule has 0 radical (unpaired) electrons. The number of nitrogens with one attached hydrogen (secondary N) is 1. The molecule has 0 unspecified atom stereocenters. The summed E-state index contributed by atoms with van der Waals surface area (Å²) >= 11 is 0. The highest BCUT2D eigenvalue weighted by atomic mass is 16.4. The third kappa shape index (κ3) is 3.63. The first-order valence-electron chi connectivity index (χ1n) is 7.12. The molecule has 0 aromatic carbocycles. The Kier molecular flexibility index (Phi) is 4.66. The maximum absolute atomic E-state index is 12.4. The van der Waals surface area contributed by atoms with E-state index in [-0.39, 0.29) is 30.9 Å². The monoisotopic (exact) mass is 299 g/mol. The number of hydrogen-bond acceptors (Lipinski definition) is 4. The average molecular weight is 299 g/mol. The fourth-order valence-electron chi connectivity index (χ4n) is 2.94. The summed E-state index contributed by atoms with van der Waals surface area (Å²) in [4.78, 5) is 37.3. The summed E-state index contributed by atoms with van der Waals surface area (Å²) in [6, 6.07) is -1.24. The van der Waals surface area contributed by atoms with Crippen LogP contribution in [0.15, 0.2) is 0 Å². The Balaban J connectivity index is 1.92. The van der Waals surface area contributed by atoms with Gasteiger partial charge in [0.2, 0.25) is 5.91 Å². The predicted molar refractivity (Wildman–Crippen MR) is 72.6 cm³/mol. The minimum Gasteiger partial charge on any atom is -0.480 e. The Hall–Kier alpha value is -1.83. The van der Waals surface area contributed by atoms with Gasteiger partial charge in [-0.2, -0.15) is 0 Å². The van der Waals surface area contributed by atoms with E-state index in [1.54, 1.807) is 4.90 Å². The lowest BCUT2D eigenvalue weighted by Crippen LogP contribution is -2.52. The number of likely N-dealkylation sites (tertiary alicyclic amines) is 2. The van der Waals surface area contributed by atoms with Crippen LogP contribution < -0.4 is 5.32 Å². The van der Waals surface area contributed by atoms with Gasteiger partial charge < -0.3 is 25.3 Å². The summed E-state index contributed by atoms with van der Waals surface area (Å²) in [6.07, 6.45) is 0.592. The molecule has 3 amide bonds. The normalized spacial score (nSPS) is 26.8. The molecule has 0 bridgehead atoms. The molecule has 8 nitrogen and oxygen atoms in total. The molecular formula is C13H21N3O5. The number of aliphatic hydroxyl groups excluding tert-OH is 1. The van der Waals surface area contributed by atoms with Gasteiger partial charge in [0.15, 0.2) is 0 Å². The molecular weight excluding hydrogens is 278 g/mol. The van der Waals surface area contributed by atoms with Gasteiger partial charge >= 0.3 is 12.0 Å². The van der Waals surface area contributed by atoms with Crippen LogP contribution in [-0.4, -0.2) is 75.7 Å². The number of carbonyl (C=O) groups is 3. The van der Waals surface area contributed by atoms with E-state index in [4.69, 9.17) is 5.11 Å². The molecule has 0 aromatic rings. The van der Waals surface area contributed by atoms with Crippen molar-refractivity contribution in [3.05, 3.63) is 0 Å². The van der Waals surface area contributed by atoms with Gasteiger partial charge in [0, 0.05) is 39.0 Å². The number of amides is 3. The van der Waals surface area contributed by atoms with E-state index in [2.05, 4.69) is 5.32 Å². The van der Waals surface area contributed by atoms with Crippen LogP contribution in [-0.2, 0) is 9.59 Å². The Morgan fingerprint density at radius 3 is 2.33 bits per heavy atom. The van der Waals surface area contributed by atoms with Crippen LogP contribution in [0.1, 0.15) is 26.2 Å². The Morgan fingerprint density at radius 1 is 1.19 bits per heavy atom. The lowest BCUT2D eigenvalue weighted by atomic mass is 10.1. The van der Waals surface area contributed by atoms with Crippen molar-refractivity contribution in [3.63, 3.8) is 0 Å². The third-order valence-electron chi connectivity index (χ3n) is 3.98. The number of urea groups is 1. The molecule has 2 heterocycles. The minimum atomic E-state index is -1.09. The average Bonchev–Trinajstić information content (AvgIpc) is 2.80. The quantitative estimate of drug-likeness (QED) is 0.620. The van der Waals surface area contributed by atoms with E-state index < -0.39 is 18.1 Å². The molecule has 2 aliphatic rings. The molecule has 2 fully saturated rings. The number of β-amino-alcohol motifs (C(OH)–C–C–N with tert-alkyl or cyclic N) is 1. The van der Waals surface area contributed by atoms with Crippen LogP contribution in [0.2, 0.25) is 0 Å². The van der Waals surface area contributed by atoms with Crippen molar-refractivity contribution in [2.24, 2.45) is 0 Å². The van der Waals surface area contributed by atoms with E-state index >= 15 is 0 Å². The second-order valence-corrected chi connectivity index (χ2v) is 5.64. The van der Waals surface area contributed by atoms with Crippen molar-refractivity contribution in [1.29, 1.82) is 0 Å². The van der Waals surface area contributed by atoms with Crippen molar-refractivity contribution in [2.45, 2.75) is 44.4 Å². The first kappa shape index (κ1) is 15.6. The molecule has 0 spiro atoms. The van der Waals surface area contributed by atoms with Gasteiger partial charge in [-0.25, -0.2) is 9.59 Å². The van der Waals surface area contributed by atoms with Gasteiger partial charge in [-0.15, -0.1) is 0 Å². The molecule has 2 atom stereocenters. The number of hydrogen-bond donors (Lipinski definition) is 3. The first-order valence-corrected chi connectivity index (χ1v) is 7.12. The molecule has 21 heavy (non-hydrogen) atoms. The van der Waals surface area contributed by atoms with Gasteiger partial charge in [0.25, 0.3) is 0 Å². The highest BCUT2D eigenvalue weighted by molar-refractivity contribution is 5.83. The van der Waals surface area contributed by atoms with Crippen LogP contribution in [0.4, 0.5) is 4.79 Å². The summed E-state index contributed by atoms with van der Waals surface area (Å²) < 4.78 is 0. The zero-order chi connectivity index (χ0) is 15.6.